The molecule has 1 N–H and O–H groups in total. The normalized spacial score (nSPS) is 12.1. The standard InChI is InChI=1S/C15H13ClN4S/c1-10(19-14-12(16)7-17-9-18-14)15-20-13(8-21-15)11-5-3-2-4-6-11/h2-10H,1H3,(H,17,18,19). The molecule has 3 rings (SSSR count). The van der Waals surface area contributed by atoms with Crippen LogP contribution in [0.15, 0.2) is 48.2 Å². The van der Waals surface area contributed by atoms with Crippen LogP contribution in [0.3, 0.4) is 0 Å². The smallest absolute Gasteiger partial charge is 0.148 e. The van der Waals surface area contributed by atoms with E-state index in [1.165, 1.54) is 6.33 Å². The fraction of sp³-hybridized carbons (Fsp3) is 0.133. The zero-order chi connectivity index (χ0) is 14.7. The molecule has 0 amide bonds. The second-order valence-electron chi connectivity index (χ2n) is 4.52. The van der Waals surface area contributed by atoms with Crippen molar-refractivity contribution in [2.75, 3.05) is 5.32 Å². The first-order valence-corrected chi connectivity index (χ1v) is 7.72. The van der Waals surface area contributed by atoms with Crippen molar-refractivity contribution < 1.29 is 0 Å². The minimum atomic E-state index is 0.0277. The van der Waals surface area contributed by atoms with E-state index in [0.29, 0.717) is 10.8 Å². The molecular weight excluding hydrogens is 304 g/mol. The summed E-state index contributed by atoms with van der Waals surface area (Å²) in [7, 11) is 0. The molecule has 4 nitrogen and oxygen atoms in total. The van der Waals surface area contributed by atoms with Crippen LogP contribution < -0.4 is 5.32 Å². The monoisotopic (exact) mass is 316 g/mol. The third kappa shape index (κ3) is 3.20. The first-order chi connectivity index (χ1) is 10.2. The van der Waals surface area contributed by atoms with Crippen molar-refractivity contribution in [3.8, 4) is 11.3 Å². The summed E-state index contributed by atoms with van der Waals surface area (Å²) >= 11 is 7.67. The van der Waals surface area contributed by atoms with Crippen molar-refractivity contribution >= 4 is 28.8 Å². The van der Waals surface area contributed by atoms with E-state index in [2.05, 4.69) is 37.8 Å². The summed E-state index contributed by atoms with van der Waals surface area (Å²) in [5, 5.41) is 6.81. The van der Waals surface area contributed by atoms with Crippen LogP contribution >= 0.6 is 22.9 Å². The van der Waals surface area contributed by atoms with Crippen molar-refractivity contribution in [2.24, 2.45) is 0 Å². The Kier molecular flexibility index (Phi) is 4.13. The topological polar surface area (TPSA) is 50.7 Å². The second kappa shape index (κ2) is 6.20. The molecule has 0 aliphatic rings. The van der Waals surface area contributed by atoms with Crippen molar-refractivity contribution in [1.82, 2.24) is 15.0 Å². The maximum Gasteiger partial charge on any atom is 0.148 e. The summed E-state index contributed by atoms with van der Waals surface area (Å²) in [6.07, 6.45) is 3.04. The van der Waals surface area contributed by atoms with Gasteiger partial charge in [-0.15, -0.1) is 11.3 Å². The summed E-state index contributed by atoms with van der Waals surface area (Å²) < 4.78 is 0. The first-order valence-electron chi connectivity index (χ1n) is 6.47. The minimum Gasteiger partial charge on any atom is -0.360 e. The maximum absolute atomic E-state index is 6.05. The highest BCUT2D eigenvalue weighted by atomic mass is 35.5. The predicted molar refractivity (Wildman–Crippen MR) is 86.6 cm³/mol. The van der Waals surface area contributed by atoms with E-state index in [4.69, 9.17) is 11.6 Å². The lowest BCUT2D eigenvalue weighted by molar-refractivity contribution is 0.859. The largest absolute Gasteiger partial charge is 0.360 e. The van der Waals surface area contributed by atoms with Gasteiger partial charge in [-0.05, 0) is 6.92 Å². The summed E-state index contributed by atoms with van der Waals surface area (Å²) in [5.41, 5.74) is 2.10. The van der Waals surface area contributed by atoms with Gasteiger partial charge in [0.15, 0.2) is 0 Å². The Bertz CT molecular complexity index is 729. The Labute approximate surface area is 131 Å². The third-order valence-corrected chi connectivity index (χ3v) is 4.29. The molecule has 0 radical (unpaired) electrons. The summed E-state index contributed by atoms with van der Waals surface area (Å²) in [4.78, 5) is 12.7. The molecule has 0 saturated carbocycles. The Balaban J connectivity index is 1.79. The van der Waals surface area contributed by atoms with E-state index < -0.39 is 0 Å². The fourth-order valence-corrected chi connectivity index (χ4v) is 2.91. The molecule has 0 saturated heterocycles. The molecule has 0 aliphatic heterocycles. The van der Waals surface area contributed by atoms with Crippen molar-refractivity contribution in [2.45, 2.75) is 13.0 Å². The summed E-state index contributed by atoms with van der Waals surface area (Å²) in [6.45, 7) is 2.03. The van der Waals surface area contributed by atoms with Crippen LogP contribution in [0.2, 0.25) is 5.02 Å². The van der Waals surface area contributed by atoms with Gasteiger partial charge in [0.1, 0.15) is 22.2 Å². The molecule has 3 aromatic rings. The third-order valence-electron chi connectivity index (χ3n) is 2.98. The number of nitrogens with zero attached hydrogens (tertiary/aromatic N) is 3. The van der Waals surface area contributed by atoms with Crippen LogP contribution in [0.1, 0.15) is 18.0 Å². The lowest BCUT2D eigenvalue weighted by Gasteiger charge is -2.12. The van der Waals surface area contributed by atoms with E-state index >= 15 is 0 Å². The maximum atomic E-state index is 6.05. The van der Waals surface area contributed by atoms with Crippen LogP contribution in [0.4, 0.5) is 5.82 Å². The van der Waals surface area contributed by atoms with Crippen LogP contribution in [-0.2, 0) is 0 Å². The summed E-state index contributed by atoms with van der Waals surface area (Å²) in [5.74, 6) is 0.621. The van der Waals surface area contributed by atoms with E-state index in [-0.39, 0.29) is 6.04 Å². The zero-order valence-corrected chi connectivity index (χ0v) is 12.9. The average Bonchev–Trinajstić information content (AvgIpc) is 3.00. The van der Waals surface area contributed by atoms with Crippen LogP contribution in [0, 0.1) is 0 Å². The molecule has 0 aliphatic carbocycles. The van der Waals surface area contributed by atoms with Gasteiger partial charge in [0.05, 0.1) is 17.9 Å². The van der Waals surface area contributed by atoms with E-state index in [1.807, 2.05) is 25.1 Å². The molecule has 1 unspecified atom stereocenters. The molecule has 0 spiro atoms. The lowest BCUT2D eigenvalue weighted by atomic mass is 10.2. The molecule has 2 aromatic heterocycles. The zero-order valence-electron chi connectivity index (χ0n) is 11.3. The SMILES string of the molecule is CC(Nc1ncncc1Cl)c1nc(-c2ccccc2)cs1. The van der Waals surface area contributed by atoms with Gasteiger partial charge < -0.3 is 5.32 Å². The first kappa shape index (κ1) is 14.0. The van der Waals surface area contributed by atoms with Gasteiger partial charge in [-0.3, -0.25) is 0 Å². The van der Waals surface area contributed by atoms with Gasteiger partial charge in [0.25, 0.3) is 0 Å². The highest BCUT2D eigenvalue weighted by Crippen LogP contribution is 2.28. The average molecular weight is 317 g/mol. The van der Waals surface area contributed by atoms with Gasteiger partial charge in [-0.25, -0.2) is 15.0 Å². The molecule has 1 aromatic carbocycles. The molecule has 106 valence electrons. The van der Waals surface area contributed by atoms with Gasteiger partial charge in [-0.1, -0.05) is 41.9 Å². The fourth-order valence-electron chi connectivity index (χ4n) is 1.91. The molecule has 0 fully saturated rings. The van der Waals surface area contributed by atoms with E-state index in [0.717, 1.165) is 16.3 Å². The Morgan fingerprint density at radius 1 is 1.24 bits per heavy atom. The van der Waals surface area contributed by atoms with Gasteiger partial charge in [-0.2, -0.15) is 0 Å². The van der Waals surface area contributed by atoms with Gasteiger partial charge >= 0.3 is 0 Å². The molecule has 1 atom stereocenters. The Morgan fingerprint density at radius 2 is 2.05 bits per heavy atom. The van der Waals surface area contributed by atoms with Crippen molar-refractivity contribution in [3.05, 3.63) is 58.3 Å². The minimum absolute atomic E-state index is 0.0277. The van der Waals surface area contributed by atoms with Crippen molar-refractivity contribution in [3.63, 3.8) is 0 Å². The number of benzene rings is 1. The molecule has 2 heterocycles. The second-order valence-corrected chi connectivity index (χ2v) is 5.82. The Hall–Kier alpha value is -1.98. The van der Waals surface area contributed by atoms with Gasteiger partial charge in [0.2, 0.25) is 0 Å². The van der Waals surface area contributed by atoms with E-state index in [9.17, 15) is 0 Å². The highest BCUT2D eigenvalue weighted by Gasteiger charge is 2.13. The number of aromatic nitrogens is 3. The Morgan fingerprint density at radius 3 is 2.81 bits per heavy atom. The number of anilines is 1. The molecular formula is C15H13ClN4S. The highest BCUT2D eigenvalue weighted by molar-refractivity contribution is 7.10. The van der Waals surface area contributed by atoms with Crippen LogP contribution in [-0.4, -0.2) is 15.0 Å². The number of halogens is 1. The number of hydrogen-bond acceptors (Lipinski definition) is 5. The molecule has 6 heteroatoms. The number of thiazole rings is 1. The van der Waals surface area contributed by atoms with Crippen LogP contribution in [0.25, 0.3) is 11.3 Å². The van der Waals surface area contributed by atoms with Crippen LogP contribution in [0.5, 0.6) is 0 Å². The lowest BCUT2D eigenvalue weighted by Crippen LogP contribution is -2.08. The quantitative estimate of drug-likeness (QED) is 0.773. The number of hydrogen-bond donors (Lipinski definition) is 1. The summed E-state index contributed by atoms with van der Waals surface area (Å²) in [6, 6.07) is 10.2. The number of nitrogens with one attached hydrogen (secondary N) is 1. The number of rotatable bonds is 4. The van der Waals surface area contributed by atoms with Gasteiger partial charge in [0, 0.05) is 10.9 Å². The predicted octanol–water partition coefficient (Wildman–Crippen LogP) is 4.43. The van der Waals surface area contributed by atoms with Crippen molar-refractivity contribution in [1.29, 1.82) is 0 Å². The molecule has 0 bridgehead atoms. The van der Waals surface area contributed by atoms with E-state index in [1.54, 1.807) is 17.5 Å². The molecule has 21 heavy (non-hydrogen) atoms.